The van der Waals surface area contributed by atoms with Crippen LogP contribution in [0.2, 0.25) is 0 Å². The van der Waals surface area contributed by atoms with Crippen LogP contribution in [-0.2, 0) is 9.59 Å². The lowest BCUT2D eigenvalue weighted by Gasteiger charge is -2.10. The van der Waals surface area contributed by atoms with Crippen LogP contribution in [0.3, 0.4) is 0 Å². The lowest BCUT2D eigenvalue weighted by molar-refractivity contribution is -0.166. The molecule has 0 fully saturated rings. The highest BCUT2D eigenvalue weighted by molar-refractivity contribution is 7.12. The second-order valence-corrected chi connectivity index (χ2v) is 8.95. The van der Waals surface area contributed by atoms with Crippen LogP contribution in [-0.4, -0.2) is 35.5 Å². The van der Waals surface area contributed by atoms with Crippen LogP contribution in [0.1, 0.15) is 30.5 Å². The minimum Gasteiger partial charge on any atom is -0.288 e. The maximum Gasteiger partial charge on any atom is 0.455 e. The normalized spacial score (nSPS) is 12.9. The molecule has 12 heteroatoms. The Bertz CT molecular complexity index is 1260. The first-order chi connectivity index (χ1) is 16.8. The molecule has 1 aromatic carbocycles. The summed E-state index contributed by atoms with van der Waals surface area (Å²) in [6.07, 6.45) is -9.42. The number of halogens is 6. The van der Waals surface area contributed by atoms with Gasteiger partial charge in [0.05, 0.1) is 20.9 Å². The fourth-order valence-corrected chi connectivity index (χ4v) is 4.28. The molecular formula is C24H12F6O4S2. The average molecular weight is 542 g/mol. The lowest BCUT2D eigenvalue weighted by Crippen LogP contribution is -2.28. The Kier molecular flexibility index (Phi) is 7.89. The summed E-state index contributed by atoms with van der Waals surface area (Å²) >= 11 is 1.63. The number of alkyl halides is 6. The van der Waals surface area contributed by atoms with E-state index in [2.05, 4.69) is 0 Å². The first kappa shape index (κ1) is 27.0. The van der Waals surface area contributed by atoms with Crippen LogP contribution in [0.25, 0.3) is 12.2 Å². The van der Waals surface area contributed by atoms with Crippen molar-refractivity contribution >= 4 is 58.0 Å². The zero-order valence-electron chi connectivity index (χ0n) is 17.6. The van der Waals surface area contributed by atoms with Gasteiger partial charge >= 0.3 is 12.4 Å². The molecule has 0 N–H and O–H groups in total. The van der Waals surface area contributed by atoms with E-state index in [0.29, 0.717) is 12.2 Å². The van der Waals surface area contributed by atoms with Crippen LogP contribution < -0.4 is 0 Å². The highest BCUT2D eigenvalue weighted by Gasteiger charge is 2.44. The number of thiophene rings is 2. The van der Waals surface area contributed by atoms with Gasteiger partial charge < -0.3 is 0 Å². The van der Waals surface area contributed by atoms with Crippen LogP contribution in [0.4, 0.5) is 26.3 Å². The highest BCUT2D eigenvalue weighted by atomic mass is 32.1. The van der Waals surface area contributed by atoms with Crippen molar-refractivity contribution in [1.29, 1.82) is 0 Å². The second-order valence-electron chi connectivity index (χ2n) is 7.05. The van der Waals surface area contributed by atoms with Crippen LogP contribution in [0.5, 0.6) is 0 Å². The third-order valence-corrected chi connectivity index (χ3v) is 6.25. The van der Waals surface area contributed by atoms with E-state index in [0.717, 1.165) is 28.7 Å². The van der Waals surface area contributed by atoms with Crippen molar-refractivity contribution in [3.05, 3.63) is 91.3 Å². The zero-order chi connectivity index (χ0) is 26.7. The van der Waals surface area contributed by atoms with Crippen molar-refractivity contribution in [3.8, 4) is 0 Å². The maximum atomic E-state index is 13.2. The van der Waals surface area contributed by atoms with Crippen molar-refractivity contribution in [2.75, 3.05) is 0 Å². The summed E-state index contributed by atoms with van der Waals surface area (Å²) in [4.78, 5) is 48.8. The Hall–Kier alpha value is -3.64. The van der Waals surface area contributed by atoms with E-state index in [1.165, 1.54) is 53.2 Å². The summed E-state index contributed by atoms with van der Waals surface area (Å²) < 4.78 is 78.9. The summed E-state index contributed by atoms with van der Waals surface area (Å²) in [5.74, 6) is -7.17. The standard InChI is InChI=1S/C24H12F6O4S2/c25-23(26,27)21(33)15(19(31)17-6-2-8-35-17)11-13-4-1-5-14(10-13)12-16(22(34)24(28,29)30)20(32)18-7-3-9-36-18/h1-12H/b15-11-,16-12-. The Morgan fingerprint density at radius 1 is 0.611 bits per heavy atom. The molecule has 0 saturated heterocycles. The molecular weight excluding hydrogens is 530 g/mol. The molecule has 2 aromatic heterocycles. The fourth-order valence-electron chi connectivity index (χ4n) is 2.93. The Labute approximate surface area is 207 Å². The van der Waals surface area contributed by atoms with Crippen molar-refractivity contribution in [2.45, 2.75) is 12.4 Å². The van der Waals surface area contributed by atoms with Gasteiger partial charge in [0.2, 0.25) is 11.6 Å². The quantitative estimate of drug-likeness (QED) is 0.106. The van der Waals surface area contributed by atoms with Gasteiger partial charge in [-0.15, -0.1) is 22.7 Å². The van der Waals surface area contributed by atoms with Gasteiger partial charge in [-0.2, -0.15) is 26.3 Å². The van der Waals surface area contributed by atoms with Gasteiger partial charge in [-0.05, 0) is 52.2 Å². The number of rotatable bonds is 8. The van der Waals surface area contributed by atoms with Crippen molar-refractivity contribution in [3.63, 3.8) is 0 Å². The molecule has 0 bridgehead atoms. The zero-order valence-corrected chi connectivity index (χ0v) is 19.3. The monoisotopic (exact) mass is 542 g/mol. The molecule has 0 saturated carbocycles. The average Bonchev–Trinajstić information content (AvgIpc) is 3.53. The number of Topliss-reactive ketones (excluding diaryl/α,β-unsaturated/α-hetero) is 4. The van der Waals surface area contributed by atoms with Crippen molar-refractivity contribution in [2.24, 2.45) is 0 Å². The van der Waals surface area contributed by atoms with Crippen LogP contribution in [0, 0.1) is 0 Å². The molecule has 0 aliphatic heterocycles. The second kappa shape index (κ2) is 10.5. The third-order valence-electron chi connectivity index (χ3n) is 4.52. The highest BCUT2D eigenvalue weighted by Crippen LogP contribution is 2.28. The van der Waals surface area contributed by atoms with Crippen molar-refractivity contribution < 1.29 is 45.5 Å². The molecule has 36 heavy (non-hydrogen) atoms. The maximum absolute atomic E-state index is 13.2. The Balaban J connectivity index is 2.10. The van der Waals surface area contributed by atoms with Crippen LogP contribution in [0.15, 0.2) is 70.4 Å². The number of hydrogen-bond donors (Lipinski definition) is 0. The number of benzene rings is 1. The van der Waals surface area contributed by atoms with Crippen LogP contribution >= 0.6 is 22.7 Å². The number of allylic oxidation sites excluding steroid dienone is 2. The number of carbonyl (C=O) groups excluding carboxylic acids is 4. The fraction of sp³-hybridized carbons (Fsp3) is 0.0833. The van der Waals surface area contributed by atoms with Gasteiger partial charge in [-0.1, -0.05) is 30.3 Å². The minimum atomic E-state index is -5.37. The topological polar surface area (TPSA) is 68.3 Å². The molecule has 0 atom stereocenters. The molecule has 3 aromatic rings. The molecule has 0 radical (unpaired) electrons. The summed E-state index contributed by atoms with van der Waals surface area (Å²) in [5, 5.41) is 2.86. The molecule has 0 amide bonds. The lowest BCUT2D eigenvalue weighted by atomic mass is 9.98. The minimum absolute atomic E-state index is 0.130. The Morgan fingerprint density at radius 2 is 1.00 bits per heavy atom. The van der Waals surface area contributed by atoms with E-state index < -0.39 is 46.6 Å². The molecule has 3 rings (SSSR count). The summed E-state index contributed by atoms with van der Waals surface area (Å²) in [6.45, 7) is 0. The van der Waals surface area contributed by atoms with Gasteiger partial charge in [0, 0.05) is 0 Å². The molecule has 0 aliphatic carbocycles. The van der Waals surface area contributed by atoms with E-state index in [1.54, 1.807) is 0 Å². The number of carbonyl (C=O) groups is 4. The molecule has 186 valence electrons. The summed E-state index contributed by atoms with van der Waals surface area (Å²) in [7, 11) is 0. The van der Waals surface area contributed by atoms with Gasteiger partial charge in [-0.25, -0.2) is 0 Å². The number of hydrogen-bond acceptors (Lipinski definition) is 6. The molecule has 2 heterocycles. The Morgan fingerprint density at radius 3 is 1.31 bits per heavy atom. The molecule has 4 nitrogen and oxygen atoms in total. The van der Waals surface area contributed by atoms with E-state index in [4.69, 9.17) is 0 Å². The predicted molar refractivity (Wildman–Crippen MR) is 122 cm³/mol. The summed E-state index contributed by atoms with van der Waals surface area (Å²) in [5.41, 5.74) is -2.70. The number of ketones is 4. The third kappa shape index (κ3) is 6.32. The first-order valence-electron chi connectivity index (χ1n) is 9.72. The molecule has 0 aliphatic rings. The van der Waals surface area contributed by atoms with Gasteiger partial charge in [0.25, 0.3) is 11.6 Å². The van der Waals surface area contributed by atoms with E-state index in [-0.39, 0.29) is 20.9 Å². The van der Waals surface area contributed by atoms with Gasteiger partial charge in [0.15, 0.2) is 0 Å². The molecule has 0 unspecified atom stereocenters. The van der Waals surface area contributed by atoms with Gasteiger partial charge in [-0.3, -0.25) is 19.2 Å². The van der Waals surface area contributed by atoms with E-state index in [9.17, 15) is 45.5 Å². The smallest absolute Gasteiger partial charge is 0.288 e. The largest absolute Gasteiger partial charge is 0.455 e. The van der Waals surface area contributed by atoms with Gasteiger partial charge in [0.1, 0.15) is 0 Å². The van der Waals surface area contributed by atoms with Crippen molar-refractivity contribution in [1.82, 2.24) is 0 Å². The first-order valence-corrected chi connectivity index (χ1v) is 11.5. The van der Waals surface area contributed by atoms with E-state index in [1.807, 2.05) is 0 Å². The predicted octanol–water partition coefficient (Wildman–Crippen LogP) is 6.61. The summed E-state index contributed by atoms with van der Waals surface area (Å²) in [6, 6.07) is 9.93. The molecule has 0 spiro atoms. The SMILES string of the molecule is O=C(/C(=C/c1cccc(/C=C(/C(=O)c2cccs2)C(=O)C(F)(F)F)c1)C(=O)C(F)(F)F)c1cccs1. The van der Waals surface area contributed by atoms with E-state index >= 15 is 0 Å².